The number of allylic oxidation sites excluding steroid dienone is 1. The van der Waals surface area contributed by atoms with Gasteiger partial charge in [-0.3, -0.25) is 0 Å². The first kappa shape index (κ1) is 8.70. The van der Waals surface area contributed by atoms with Crippen LogP contribution in [0, 0.1) is 0 Å². The fraction of sp³-hybridized carbons (Fsp3) is 0.750. The molecule has 0 N–H and O–H groups in total. The summed E-state index contributed by atoms with van der Waals surface area (Å²) in [5.41, 5.74) is 1.05. The van der Waals surface area contributed by atoms with E-state index in [0.717, 1.165) is 24.8 Å². The highest BCUT2D eigenvalue weighted by atomic mass is 16.3. The van der Waals surface area contributed by atoms with Gasteiger partial charge in [0.15, 0.2) is 0 Å². The molecule has 0 aromatic heterocycles. The van der Waals surface area contributed by atoms with Gasteiger partial charge in [-0.2, -0.15) is 0 Å². The fourth-order valence-corrected chi connectivity index (χ4v) is 0.654. The summed E-state index contributed by atoms with van der Waals surface area (Å²) in [5.74, 6) is 0. The van der Waals surface area contributed by atoms with Crippen molar-refractivity contribution in [3.05, 3.63) is 11.6 Å². The first-order valence-electron chi connectivity index (χ1n) is 3.61. The van der Waals surface area contributed by atoms with Gasteiger partial charge in [-0.05, 0) is 18.4 Å². The van der Waals surface area contributed by atoms with E-state index in [9.17, 15) is 5.11 Å². The monoisotopic (exact) mass is 127 g/mol. The van der Waals surface area contributed by atoms with E-state index in [4.69, 9.17) is 0 Å². The standard InChI is InChI=1S/C8H15O/c1-3-5-6-8(4-2)7-9/h6H,3-5,7H2,1-2H3. The predicted octanol–water partition coefficient (Wildman–Crippen LogP) is 2.55. The van der Waals surface area contributed by atoms with Crippen LogP contribution in [0.1, 0.15) is 33.1 Å². The molecule has 0 aromatic rings. The molecule has 0 aromatic carbocycles. The summed E-state index contributed by atoms with van der Waals surface area (Å²) in [7, 11) is 0. The summed E-state index contributed by atoms with van der Waals surface area (Å²) in [6.45, 7) is 4.13. The molecule has 0 fully saturated rings. The Morgan fingerprint density at radius 3 is 2.44 bits per heavy atom. The quantitative estimate of drug-likeness (QED) is 0.517. The first-order chi connectivity index (χ1) is 4.35. The number of hydrogen-bond acceptors (Lipinski definition) is 0. The van der Waals surface area contributed by atoms with Crippen LogP contribution in [0.3, 0.4) is 0 Å². The minimum Gasteiger partial charge on any atom is -0.232 e. The van der Waals surface area contributed by atoms with Crippen LogP contribution >= 0.6 is 0 Å². The van der Waals surface area contributed by atoms with Crippen LogP contribution in [0.2, 0.25) is 0 Å². The SMILES string of the molecule is CCCC=C(CC)C[O]. The van der Waals surface area contributed by atoms with Gasteiger partial charge >= 0.3 is 0 Å². The number of hydrogen-bond donors (Lipinski definition) is 0. The molecule has 0 unspecified atom stereocenters. The highest BCUT2D eigenvalue weighted by Crippen LogP contribution is 2.01. The topological polar surface area (TPSA) is 19.9 Å². The molecule has 9 heavy (non-hydrogen) atoms. The lowest BCUT2D eigenvalue weighted by Crippen LogP contribution is -1.85. The van der Waals surface area contributed by atoms with Gasteiger partial charge in [0, 0.05) is 0 Å². The van der Waals surface area contributed by atoms with Gasteiger partial charge in [0.2, 0.25) is 0 Å². The Morgan fingerprint density at radius 2 is 2.11 bits per heavy atom. The molecule has 0 bridgehead atoms. The molecule has 0 saturated carbocycles. The Kier molecular flexibility index (Phi) is 5.64. The zero-order valence-corrected chi connectivity index (χ0v) is 6.31. The average molecular weight is 127 g/mol. The van der Waals surface area contributed by atoms with Crippen molar-refractivity contribution in [3.8, 4) is 0 Å². The summed E-state index contributed by atoms with van der Waals surface area (Å²) in [6, 6.07) is 0. The largest absolute Gasteiger partial charge is 0.232 e. The molecule has 0 heterocycles. The van der Waals surface area contributed by atoms with Crippen LogP contribution in [0.25, 0.3) is 0 Å². The molecule has 0 aliphatic heterocycles. The molecule has 0 atom stereocenters. The second-order valence-electron chi connectivity index (χ2n) is 2.15. The molecule has 0 spiro atoms. The van der Waals surface area contributed by atoms with E-state index in [-0.39, 0.29) is 6.61 Å². The van der Waals surface area contributed by atoms with E-state index >= 15 is 0 Å². The van der Waals surface area contributed by atoms with Crippen molar-refractivity contribution >= 4 is 0 Å². The van der Waals surface area contributed by atoms with Crippen molar-refractivity contribution in [1.29, 1.82) is 0 Å². The zero-order valence-electron chi connectivity index (χ0n) is 6.31. The van der Waals surface area contributed by atoms with Crippen molar-refractivity contribution in [2.24, 2.45) is 0 Å². The van der Waals surface area contributed by atoms with E-state index in [1.165, 1.54) is 0 Å². The minimum absolute atomic E-state index is 0.0174. The first-order valence-corrected chi connectivity index (χ1v) is 3.61. The Balaban J connectivity index is 3.48. The minimum atomic E-state index is -0.0174. The number of unbranched alkanes of at least 4 members (excludes halogenated alkanes) is 1. The zero-order chi connectivity index (χ0) is 7.11. The summed E-state index contributed by atoms with van der Waals surface area (Å²) in [6.07, 6.45) is 5.19. The van der Waals surface area contributed by atoms with E-state index in [1.807, 2.05) is 6.92 Å². The molecule has 1 nitrogen and oxygen atoms in total. The van der Waals surface area contributed by atoms with Crippen molar-refractivity contribution in [2.45, 2.75) is 33.1 Å². The maximum absolute atomic E-state index is 10.3. The maximum Gasteiger partial charge on any atom is 0.103 e. The Bertz CT molecular complexity index is 78.6. The van der Waals surface area contributed by atoms with Crippen LogP contribution in [-0.2, 0) is 5.11 Å². The lowest BCUT2D eigenvalue weighted by atomic mass is 10.1. The van der Waals surface area contributed by atoms with E-state index in [0.29, 0.717) is 0 Å². The van der Waals surface area contributed by atoms with E-state index < -0.39 is 0 Å². The normalized spacial score (nSPS) is 12.1. The van der Waals surface area contributed by atoms with E-state index in [2.05, 4.69) is 13.0 Å². The molecule has 1 heteroatoms. The molecule has 0 aliphatic rings. The van der Waals surface area contributed by atoms with Crippen molar-refractivity contribution in [1.82, 2.24) is 0 Å². The third-order valence-electron chi connectivity index (χ3n) is 1.36. The smallest absolute Gasteiger partial charge is 0.103 e. The van der Waals surface area contributed by atoms with Crippen LogP contribution < -0.4 is 0 Å². The Labute approximate surface area is 57.4 Å². The second-order valence-corrected chi connectivity index (χ2v) is 2.15. The van der Waals surface area contributed by atoms with Crippen LogP contribution in [0.5, 0.6) is 0 Å². The highest BCUT2D eigenvalue weighted by molar-refractivity contribution is 5.00. The van der Waals surface area contributed by atoms with Gasteiger partial charge in [-0.15, -0.1) is 0 Å². The molecule has 0 rings (SSSR count). The van der Waals surface area contributed by atoms with Gasteiger partial charge in [-0.1, -0.05) is 26.3 Å². The van der Waals surface area contributed by atoms with Crippen molar-refractivity contribution < 1.29 is 5.11 Å². The molecule has 0 amide bonds. The average Bonchev–Trinajstić information content (AvgIpc) is 1.91. The fourth-order valence-electron chi connectivity index (χ4n) is 0.654. The van der Waals surface area contributed by atoms with Crippen LogP contribution in [0.4, 0.5) is 0 Å². The molecule has 0 aliphatic carbocycles. The lowest BCUT2D eigenvalue weighted by Gasteiger charge is -1.94. The Morgan fingerprint density at radius 1 is 1.44 bits per heavy atom. The van der Waals surface area contributed by atoms with Crippen molar-refractivity contribution in [2.75, 3.05) is 6.61 Å². The molecule has 53 valence electrons. The van der Waals surface area contributed by atoms with Crippen LogP contribution in [-0.4, -0.2) is 6.61 Å². The summed E-state index contributed by atoms with van der Waals surface area (Å²) >= 11 is 0. The third-order valence-corrected chi connectivity index (χ3v) is 1.36. The maximum atomic E-state index is 10.3. The van der Waals surface area contributed by atoms with Gasteiger partial charge in [0.05, 0.1) is 0 Å². The predicted molar refractivity (Wildman–Crippen MR) is 38.8 cm³/mol. The van der Waals surface area contributed by atoms with Crippen LogP contribution in [0.15, 0.2) is 11.6 Å². The van der Waals surface area contributed by atoms with Gasteiger partial charge in [0.25, 0.3) is 0 Å². The molecular formula is C8H15O. The lowest BCUT2D eigenvalue weighted by molar-refractivity contribution is 0.220. The summed E-state index contributed by atoms with van der Waals surface area (Å²) in [5, 5.41) is 10.3. The second kappa shape index (κ2) is 5.83. The van der Waals surface area contributed by atoms with Gasteiger partial charge in [-0.25, -0.2) is 5.11 Å². The van der Waals surface area contributed by atoms with Gasteiger partial charge < -0.3 is 0 Å². The Hall–Kier alpha value is -0.300. The summed E-state index contributed by atoms with van der Waals surface area (Å²) in [4.78, 5) is 0. The highest BCUT2D eigenvalue weighted by Gasteiger charge is 1.88. The molecular weight excluding hydrogens is 112 g/mol. The van der Waals surface area contributed by atoms with Crippen molar-refractivity contribution in [3.63, 3.8) is 0 Å². The molecule has 1 radical (unpaired) electrons. The third kappa shape index (κ3) is 4.22. The number of rotatable bonds is 4. The summed E-state index contributed by atoms with van der Waals surface area (Å²) < 4.78 is 0. The van der Waals surface area contributed by atoms with E-state index in [1.54, 1.807) is 0 Å². The molecule has 0 saturated heterocycles. The van der Waals surface area contributed by atoms with Gasteiger partial charge in [0.1, 0.15) is 6.61 Å².